The average molecular weight is 421 g/mol. The SMILES string of the molecule is CCN(CC(=O)Nc1cccc(OC)c1)CC(=O)Nc1ccc(Br)cn1. The fraction of sp³-hybridized carbons (Fsp3) is 0.278. The first-order valence-electron chi connectivity index (χ1n) is 8.08. The lowest BCUT2D eigenvalue weighted by Gasteiger charge is -2.19. The van der Waals surface area contributed by atoms with Crippen molar-refractivity contribution in [1.29, 1.82) is 0 Å². The molecular weight excluding hydrogens is 400 g/mol. The van der Waals surface area contributed by atoms with Gasteiger partial charge in [-0.2, -0.15) is 0 Å². The highest BCUT2D eigenvalue weighted by Gasteiger charge is 2.14. The fourth-order valence-corrected chi connectivity index (χ4v) is 2.45. The van der Waals surface area contributed by atoms with Crippen LogP contribution in [0.5, 0.6) is 5.75 Å². The Balaban J connectivity index is 1.86. The largest absolute Gasteiger partial charge is 0.497 e. The number of benzene rings is 1. The van der Waals surface area contributed by atoms with Crippen molar-refractivity contribution in [2.75, 3.05) is 37.4 Å². The summed E-state index contributed by atoms with van der Waals surface area (Å²) in [5.74, 6) is 0.706. The standard InChI is InChI=1S/C18H21BrN4O3/c1-3-23(12-18(25)22-16-8-7-13(19)10-20-16)11-17(24)21-14-5-4-6-15(9-14)26-2/h4-10H,3,11-12H2,1-2H3,(H,21,24)(H,20,22,25). The molecule has 2 rings (SSSR count). The predicted molar refractivity (Wildman–Crippen MR) is 104 cm³/mol. The third-order valence-electron chi connectivity index (χ3n) is 3.53. The zero-order valence-corrected chi connectivity index (χ0v) is 16.2. The molecule has 0 aliphatic heterocycles. The van der Waals surface area contributed by atoms with Crippen molar-refractivity contribution < 1.29 is 14.3 Å². The van der Waals surface area contributed by atoms with E-state index in [1.165, 1.54) is 0 Å². The van der Waals surface area contributed by atoms with Crippen LogP contribution in [0, 0.1) is 0 Å². The van der Waals surface area contributed by atoms with Gasteiger partial charge in [-0.1, -0.05) is 13.0 Å². The maximum atomic E-state index is 12.2. The molecule has 2 N–H and O–H groups in total. The van der Waals surface area contributed by atoms with E-state index in [9.17, 15) is 9.59 Å². The van der Waals surface area contributed by atoms with Gasteiger partial charge in [-0.3, -0.25) is 14.5 Å². The molecule has 1 aromatic carbocycles. The molecule has 1 aromatic heterocycles. The number of anilines is 2. The summed E-state index contributed by atoms with van der Waals surface area (Å²) in [6.07, 6.45) is 1.61. The van der Waals surface area contributed by atoms with Gasteiger partial charge >= 0.3 is 0 Å². The second-order valence-corrected chi connectivity index (χ2v) is 6.41. The quantitative estimate of drug-likeness (QED) is 0.685. The summed E-state index contributed by atoms with van der Waals surface area (Å²) in [4.78, 5) is 30.2. The van der Waals surface area contributed by atoms with Gasteiger partial charge in [0.15, 0.2) is 0 Å². The number of nitrogens with one attached hydrogen (secondary N) is 2. The van der Waals surface area contributed by atoms with Gasteiger partial charge in [-0.15, -0.1) is 0 Å². The first-order chi connectivity index (χ1) is 12.5. The Hall–Kier alpha value is -2.45. The van der Waals surface area contributed by atoms with Gasteiger partial charge < -0.3 is 15.4 Å². The Bertz CT molecular complexity index is 752. The number of likely N-dealkylation sites (N-methyl/N-ethyl adjacent to an activating group) is 1. The van der Waals surface area contributed by atoms with E-state index in [1.807, 2.05) is 6.92 Å². The summed E-state index contributed by atoms with van der Waals surface area (Å²) in [5.41, 5.74) is 0.647. The van der Waals surface area contributed by atoms with Crippen molar-refractivity contribution in [2.24, 2.45) is 0 Å². The highest BCUT2D eigenvalue weighted by atomic mass is 79.9. The van der Waals surface area contributed by atoms with Gasteiger partial charge in [0.05, 0.1) is 20.2 Å². The van der Waals surface area contributed by atoms with Crippen LogP contribution in [0.15, 0.2) is 47.1 Å². The summed E-state index contributed by atoms with van der Waals surface area (Å²) in [6, 6.07) is 10.6. The van der Waals surface area contributed by atoms with Gasteiger partial charge in [-0.05, 0) is 46.7 Å². The molecule has 1 heterocycles. The van der Waals surface area contributed by atoms with E-state index in [0.717, 1.165) is 4.47 Å². The van der Waals surface area contributed by atoms with Crippen LogP contribution in [0.4, 0.5) is 11.5 Å². The second-order valence-electron chi connectivity index (χ2n) is 5.49. The number of pyridine rings is 1. The molecule has 0 aliphatic carbocycles. The summed E-state index contributed by atoms with van der Waals surface area (Å²) >= 11 is 3.29. The number of halogens is 1. The van der Waals surface area contributed by atoms with Crippen molar-refractivity contribution in [2.45, 2.75) is 6.92 Å². The average Bonchev–Trinajstić information content (AvgIpc) is 2.63. The Morgan fingerprint density at radius 1 is 1.15 bits per heavy atom. The zero-order valence-electron chi connectivity index (χ0n) is 14.7. The smallest absolute Gasteiger partial charge is 0.239 e. The molecule has 7 nitrogen and oxygen atoms in total. The molecule has 0 bridgehead atoms. The topological polar surface area (TPSA) is 83.6 Å². The molecule has 0 saturated heterocycles. The summed E-state index contributed by atoms with van der Waals surface area (Å²) < 4.78 is 5.96. The molecular formula is C18H21BrN4O3. The first kappa shape index (κ1) is 19.9. The minimum atomic E-state index is -0.226. The molecule has 0 aliphatic rings. The number of aromatic nitrogens is 1. The van der Waals surface area contributed by atoms with E-state index in [4.69, 9.17) is 4.74 Å². The number of hydrogen-bond donors (Lipinski definition) is 2. The van der Waals surface area contributed by atoms with Crippen LogP contribution in [0.25, 0.3) is 0 Å². The van der Waals surface area contributed by atoms with Crippen LogP contribution in [0.3, 0.4) is 0 Å². The molecule has 2 aromatic rings. The highest BCUT2D eigenvalue weighted by molar-refractivity contribution is 9.10. The van der Waals surface area contributed by atoms with Crippen LogP contribution in [0.2, 0.25) is 0 Å². The summed E-state index contributed by atoms with van der Waals surface area (Å²) in [7, 11) is 1.57. The van der Waals surface area contributed by atoms with E-state index < -0.39 is 0 Å². The van der Waals surface area contributed by atoms with Gasteiger partial charge in [0.25, 0.3) is 0 Å². The number of methoxy groups -OCH3 is 1. The van der Waals surface area contributed by atoms with Crippen LogP contribution < -0.4 is 15.4 Å². The van der Waals surface area contributed by atoms with Crippen LogP contribution in [0.1, 0.15) is 6.92 Å². The molecule has 0 saturated carbocycles. The predicted octanol–water partition coefficient (Wildman–Crippen LogP) is 2.75. The molecule has 0 radical (unpaired) electrons. The lowest BCUT2D eigenvalue weighted by Crippen LogP contribution is -2.38. The van der Waals surface area contributed by atoms with E-state index in [-0.39, 0.29) is 24.9 Å². The normalized spacial score (nSPS) is 10.5. The van der Waals surface area contributed by atoms with Gasteiger partial charge in [0.2, 0.25) is 11.8 Å². The molecule has 138 valence electrons. The van der Waals surface area contributed by atoms with E-state index in [1.54, 1.807) is 54.6 Å². The van der Waals surface area contributed by atoms with E-state index in [0.29, 0.717) is 23.8 Å². The first-order valence-corrected chi connectivity index (χ1v) is 8.87. The lowest BCUT2D eigenvalue weighted by molar-refractivity contribution is -0.119. The maximum absolute atomic E-state index is 12.2. The monoisotopic (exact) mass is 420 g/mol. The third-order valence-corrected chi connectivity index (χ3v) is 4.00. The molecule has 8 heteroatoms. The number of hydrogen-bond acceptors (Lipinski definition) is 5. The van der Waals surface area contributed by atoms with Crippen molar-refractivity contribution in [1.82, 2.24) is 9.88 Å². The Morgan fingerprint density at radius 2 is 1.88 bits per heavy atom. The number of rotatable bonds is 8. The minimum absolute atomic E-state index is 0.0970. The van der Waals surface area contributed by atoms with Crippen molar-refractivity contribution >= 4 is 39.2 Å². The lowest BCUT2D eigenvalue weighted by atomic mass is 10.3. The highest BCUT2D eigenvalue weighted by Crippen LogP contribution is 2.16. The van der Waals surface area contributed by atoms with Crippen molar-refractivity contribution in [3.63, 3.8) is 0 Å². The number of carbonyl (C=O) groups excluding carboxylic acids is 2. The Kier molecular flexibility index (Phi) is 7.55. The van der Waals surface area contributed by atoms with Gasteiger partial charge in [0.1, 0.15) is 11.6 Å². The van der Waals surface area contributed by atoms with E-state index in [2.05, 4.69) is 31.5 Å². The van der Waals surface area contributed by atoms with Crippen LogP contribution >= 0.6 is 15.9 Å². The van der Waals surface area contributed by atoms with E-state index >= 15 is 0 Å². The zero-order chi connectivity index (χ0) is 18.9. The second kappa shape index (κ2) is 9.88. The number of nitrogens with zero attached hydrogens (tertiary/aromatic N) is 2. The molecule has 26 heavy (non-hydrogen) atoms. The number of ether oxygens (including phenoxy) is 1. The summed E-state index contributed by atoms with van der Waals surface area (Å²) in [6.45, 7) is 2.66. The molecule has 0 fully saturated rings. The minimum Gasteiger partial charge on any atom is -0.497 e. The Labute approximate surface area is 160 Å². The number of amides is 2. The van der Waals surface area contributed by atoms with Crippen molar-refractivity contribution in [3.05, 3.63) is 47.1 Å². The maximum Gasteiger partial charge on any atom is 0.239 e. The third kappa shape index (κ3) is 6.45. The van der Waals surface area contributed by atoms with Crippen LogP contribution in [-0.4, -0.2) is 48.4 Å². The summed E-state index contributed by atoms with van der Waals surface area (Å²) in [5, 5.41) is 5.51. The Morgan fingerprint density at radius 3 is 2.50 bits per heavy atom. The van der Waals surface area contributed by atoms with Crippen molar-refractivity contribution in [3.8, 4) is 5.75 Å². The molecule has 0 spiro atoms. The van der Waals surface area contributed by atoms with Crippen LogP contribution in [-0.2, 0) is 9.59 Å². The van der Waals surface area contributed by atoms with Gasteiger partial charge in [0, 0.05) is 22.4 Å². The molecule has 0 unspecified atom stereocenters. The number of carbonyl (C=O) groups is 2. The van der Waals surface area contributed by atoms with Gasteiger partial charge in [-0.25, -0.2) is 4.98 Å². The molecule has 0 atom stereocenters. The fourth-order valence-electron chi connectivity index (χ4n) is 2.22. The molecule has 2 amide bonds.